The van der Waals surface area contributed by atoms with Crippen LogP contribution in [0.2, 0.25) is 0 Å². The number of aromatic nitrogens is 4. The summed E-state index contributed by atoms with van der Waals surface area (Å²) in [5.74, 6) is 2.29. The van der Waals surface area contributed by atoms with E-state index in [2.05, 4.69) is 58.9 Å². The van der Waals surface area contributed by atoms with Crippen molar-refractivity contribution in [3.8, 4) is 11.4 Å². The minimum Gasteiger partial charge on any atom is -0.312 e. The highest BCUT2D eigenvalue weighted by molar-refractivity contribution is 5.80. The van der Waals surface area contributed by atoms with Crippen molar-refractivity contribution in [3.05, 3.63) is 131 Å². The van der Waals surface area contributed by atoms with Crippen LogP contribution in [0.15, 0.2) is 114 Å². The van der Waals surface area contributed by atoms with E-state index in [1.165, 1.54) is 12.8 Å². The summed E-state index contributed by atoms with van der Waals surface area (Å²) >= 11 is 0. The maximum atomic E-state index is 14.6. The zero-order valence-electron chi connectivity index (χ0n) is 23.9. The number of rotatable bonds is 7. The van der Waals surface area contributed by atoms with Gasteiger partial charge in [0.25, 0.3) is 5.56 Å². The Kier molecular flexibility index (Phi) is 7.14. The number of hydrogen-bond donors (Lipinski definition) is 0. The molecule has 42 heavy (non-hydrogen) atoms. The molecule has 6 nitrogen and oxygen atoms in total. The van der Waals surface area contributed by atoms with Gasteiger partial charge in [-0.2, -0.15) is 0 Å². The highest BCUT2D eigenvalue weighted by Gasteiger charge is 2.29. The number of benzene rings is 4. The molecule has 6 heteroatoms. The first kappa shape index (κ1) is 26.4. The fourth-order valence-corrected chi connectivity index (χ4v) is 6.26. The summed E-state index contributed by atoms with van der Waals surface area (Å²) in [4.78, 5) is 27.5. The normalized spacial score (nSPS) is 15.4. The Balaban J connectivity index is 1.48. The summed E-state index contributed by atoms with van der Waals surface area (Å²) in [6, 6.07) is 36.1. The average molecular weight is 554 g/mol. The number of piperidine rings is 1. The predicted molar refractivity (Wildman–Crippen MR) is 169 cm³/mol. The maximum Gasteiger partial charge on any atom is 0.262 e. The van der Waals surface area contributed by atoms with E-state index in [0.29, 0.717) is 23.1 Å². The van der Waals surface area contributed by atoms with E-state index in [9.17, 15) is 4.79 Å². The van der Waals surface area contributed by atoms with E-state index < -0.39 is 0 Å². The van der Waals surface area contributed by atoms with Crippen LogP contribution in [0.4, 0.5) is 0 Å². The Morgan fingerprint density at radius 1 is 0.762 bits per heavy atom. The van der Waals surface area contributed by atoms with Crippen LogP contribution in [0.5, 0.6) is 0 Å². The molecule has 0 spiro atoms. The molecule has 1 aliphatic heterocycles. The highest BCUT2D eigenvalue weighted by atomic mass is 16.1. The zero-order valence-corrected chi connectivity index (χ0v) is 23.9. The molecule has 1 aliphatic rings. The van der Waals surface area contributed by atoms with Gasteiger partial charge >= 0.3 is 0 Å². The fourth-order valence-electron chi connectivity index (χ4n) is 6.26. The maximum absolute atomic E-state index is 14.6. The van der Waals surface area contributed by atoms with Gasteiger partial charge in [0.15, 0.2) is 0 Å². The molecule has 1 unspecified atom stereocenters. The minimum absolute atomic E-state index is 0.0502. The van der Waals surface area contributed by atoms with Crippen molar-refractivity contribution >= 4 is 21.9 Å². The van der Waals surface area contributed by atoms with E-state index in [-0.39, 0.29) is 11.6 Å². The Morgan fingerprint density at radius 3 is 2.17 bits per heavy atom. The van der Waals surface area contributed by atoms with Crippen LogP contribution in [0, 0.1) is 5.92 Å². The Labute approximate surface area is 245 Å². The topological polar surface area (TPSA) is 56.0 Å². The van der Waals surface area contributed by atoms with Gasteiger partial charge in [-0.1, -0.05) is 91.9 Å². The van der Waals surface area contributed by atoms with Crippen molar-refractivity contribution in [2.75, 3.05) is 13.1 Å². The van der Waals surface area contributed by atoms with E-state index in [1.807, 2.05) is 71.3 Å². The van der Waals surface area contributed by atoms with Crippen LogP contribution in [-0.4, -0.2) is 37.1 Å². The number of likely N-dealkylation sites (tertiary alicyclic amines) is 1. The van der Waals surface area contributed by atoms with Gasteiger partial charge in [-0.25, -0.2) is 9.97 Å². The molecule has 0 aliphatic carbocycles. The molecule has 1 saturated heterocycles. The fraction of sp³-hybridized carbons (Fsp3) is 0.250. The predicted octanol–water partition coefficient (Wildman–Crippen LogP) is 6.93. The molecule has 2 aromatic heterocycles. The summed E-state index contributed by atoms with van der Waals surface area (Å²) < 4.78 is 4.25. The first-order chi connectivity index (χ1) is 20.7. The smallest absolute Gasteiger partial charge is 0.262 e. The summed E-state index contributed by atoms with van der Waals surface area (Å²) in [7, 11) is 0. The molecule has 0 amide bonds. The van der Waals surface area contributed by atoms with Crippen molar-refractivity contribution in [1.82, 2.24) is 24.0 Å². The molecule has 1 fully saturated rings. The first-order valence-corrected chi connectivity index (χ1v) is 14.9. The van der Waals surface area contributed by atoms with Gasteiger partial charge in [-0.15, -0.1) is 0 Å². The van der Waals surface area contributed by atoms with Crippen molar-refractivity contribution in [1.29, 1.82) is 0 Å². The summed E-state index contributed by atoms with van der Waals surface area (Å²) in [6.45, 7) is 5.20. The standard InChI is InChI=1S/C36H35N5O/c1-26-20-22-39(23-21-26)25-40-32-19-11-10-18-31(32)38-35(40)33(24-27-12-4-2-5-13-27)41-34(28-14-6-3-7-15-28)37-30-17-9-8-16-29(30)36(41)42/h2-19,26,33H,20-25H2,1H3. The number of nitrogens with zero attached hydrogens (tertiary/aromatic N) is 5. The lowest BCUT2D eigenvalue weighted by Gasteiger charge is -2.32. The molecule has 1 atom stereocenters. The summed E-state index contributed by atoms with van der Waals surface area (Å²) in [5, 5.41) is 0.614. The lowest BCUT2D eigenvalue weighted by atomic mass is 10.00. The lowest BCUT2D eigenvalue weighted by Crippen LogP contribution is -2.36. The zero-order chi connectivity index (χ0) is 28.5. The second-order valence-corrected chi connectivity index (χ2v) is 11.5. The number of fused-ring (bicyclic) bond motifs is 2. The van der Waals surface area contributed by atoms with Gasteiger partial charge in [-0.05, 0) is 48.6 Å². The molecule has 3 heterocycles. The van der Waals surface area contributed by atoms with Crippen molar-refractivity contribution in [2.24, 2.45) is 5.92 Å². The van der Waals surface area contributed by atoms with Crippen molar-refractivity contribution in [2.45, 2.75) is 38.9 Å². The van der Waals surface area contributed by atoms with Gasteiger partial charge in [0.05, 0.1) is 28.6 Å². The van der Waals surface area contributed by atoms with E-state index in [1.54, 1.807) is 0 Å². The van der Waals surface area contributed by atoms with Crippen molar-refractivity contribution in [3.63, 3.8) is 0 Å². The van der Waals surface area contributed by atoms with E-state index in [0.717, 1.165) is 53.7 Å². The van der Waals surface area contributed by atoms with E-state index >= 15 is 0 Å². The molecule has 6 aromatic rings. The first-order valence-electron chi connectivity index (χ1n) is 14.9. The molecule has 0 bridgehead atoms. The summed E-state index contributed by atoms with van der Waals surface area (Å²) in [6.07, 6.45) is 3.00. The Morgan fingerprint density at radius 2 is 1.40 bits per heavy atom. The number of imidazole rings is 1. The molecule has 7 rings (SSSR count). The minimum atomic E-state index is -0.372. The van der Waals surface area contributed by atoms with Gasteiger partial charge in [0.1, 0.15) is 17.7 Å². The third-order valence-electron chi connectivity index (χ3n) is 8.62. The van der Waals surface area contributed by atoms with Gasteiger partial charge in [-0.3, -0.25) is 14.3 Å². The van der Waals surface area contributed by atoms with Crippen LogP contribution in [0.1, 0.15) is 37.2 Å². The molecular formula is C36H35N5O. The molecule has 0 radical (unpaired) electrons. The molecule has 0 saturated carbocycles. The third-order valence-corrected chi connectivity index (χ3v) is 8.62. The second-order valence-electron chi connectivity index (χ2n) is 11.5. The Hall–Kier alpha value is -4.55. The lowest BCUT2D eigenvalue weighted by molar-refractivity contribution is 0.153. The van der Waals surface area contributed by atoms with Crippen LogP contribution in [-0.2, 0) is 13.1 Å². The third kappa shape index (κ3) is 5.03. The van der Waals surface area contributed by atoms with Crippen LogP contribution in [0.25, 0.3) is 33.3 Å². The molecule has 210 valence electrons. The van der Waals surface area contributed by atoms with E-state index in [4.69, 9.17) is 9.97 Å². The van der Waals surface area contributed by atoms with Gasteiger partial charge in [0.2, 0.25) is 0 Å². The second kappa shape index (κ2) is 11.4. The molecule has 4 aromatic carbocycles. The van der Waals surface area contributed by atoms with Crippen LogP contribution in [0.3, 0.4) is 0 Å². The highest BCUT2D eigenvalue weighted by Crippen LogP contribution is 2.31. The molecular weight excluding hydrogens is 518 g/mol. The SMILES string of the molecule is CC1CCN(Cn2c(C(Cc3ccccc3)n3c(-c4ccccc4)nc4ccccc4c3=O)nc3ccccc32)CC1. The van der Waals surface area contributed by atoms with Crippen LogP contribution >= 0.6 is 0 Å². The quantitative estimate of drug-likeness (QED) is 0.215. The average Bonchev–Trinajstić information content (AvgIpc) is 3.40. The van der Waals surface area contributed by atoms with Crippen molar-refractivity contribution < 1.29 is 0 Å². The number of hydrogen-bond acceptors (Lipinski definition) is 4. The molecule has 0 N–H and O–H groups in total. The van der Waals surface area contributed by atoms with Crippen LogP contribution < -0.4 is 5.56 Å². The number of para-hydroxylation sites is 3. The monoisotopic (exact) mass is 553 g/mol. The summed E-state index contributed by atoms with van der Waals surface area (Å²) in [5.41, 5.74) is 4.74. The van der Waals surface area contributed by atoms with Gasteiger partial charge in [0, 0.05) is 25.1 Å². The largest absolute Gasteiger partial charge is 0.312 e. The van der Waals surface area contributed by atoms with Gasteiger partial charge < -0.3 is 4.57 Å². The Bertz CT molecular complexity index is 1890.